The summed E-state index contributed by atoms with van der Waals surface area (Å²) in [5.41, 5.74) is 1.75. The third kappa shape index (κ3) is 5.54. The number of ether oxygens (including phenoxy) is 1. The van der Waals surface area contributed by atoms with Gasteiger partial charge in [0.2, 0.25) is 0 Å². The molecule has 1 fully saturated rings. The number of carbonyl (C=O) groups excluding carboxylic acids is 3. The summed E-state index contributed by atoms with van der Waals surface area (Å²) in [6, 6.07) is 3.36. The number of anilines is 1. The monoisotopic (exact) mass is 455 g/mol. The average molecular weight is 456 g/mol. The lowest BCUT2D eigenvalue weighted by molar-refractivity contribution is -0.124. The van der Waals surface area contributed by atoms with Crippen LogP contribution in [0.1, 0.15) is 76.1 Å². The van der Waals surface area contributed by atoms with E-state index in [2.05, 4.69) is 15.6 Å². The number of esters is 1. The molecule has 0 aliphatic heterocycles. The lowest BCUT2D eigenvalue weighted by Gasteiger charge is -2.21. The van der Waals surface area contributed by atoms with Gasteiger partial charge in [-0.15, -0.1) is 11.3 Å². The van der Waals surface area contributed by atoms with Crippen LogP contribution >= 0.6 is 11.3 Å². The van der Waals surface area contributed by atoms with E-state index in [4.69, 9.17) is 4.74 Å². The molecule has 32 heavy (non-hydrogen) atoms. The van der Waals surface area contributed by atoms with Crippen molar-refractivity contribution in [2.45, 2.75) is 57.8 Å². The Balaban J connectivity index is 1.40. The van der Waals surface area contributed by atoms with Crippen LogP contribution in [-0.2, 0) is 22.4 Å². The number of nitrogens with one attached hydrogen (secondary N) is 2. The van der Waals surface area contributed by atoms with E-state index >= 15 is 0 Å². The summed E-state index contributed by atoms with van der Waals surface area (Å²) >= 11 is 1.42. The second-order valence-electron chi connectivity index (χ2n) is 8.50. The van der Waals surface area contributed by atoms with Gasteiger partial charge in [-0.3, -0.25) is 14.6 Å². The number of hydrogen-bond donors (Lipinski definition) is 2. The van der Waals surface area contributed by atoms with Crippen LogP contribution in [0.4, 0.5) is 5.00 Å². The first-order valence-electron chi connectivity index (χ1n) is 11.4. The van der Waals surface area contributed by atoms with Gasteiger partial charge in [0.15, 0.2) is 6.61 Å². The van der Waals surface area contributed by atoms with Gasteiger partial charge < -0.3 is 15.4 Å². The average Bonchev–Trinajstić information content (AvgIpc) is 3.20. The van der Waals surface area contributed by atoms with Crippen molar-refractivity contribution in [1.82, 2.24) is 10.3 Å². The number of rotatable bonds is 7. The number of nitrogens with zero attached hydrogens (tertiary/aromatic N) is 1. The number of amides is 2. The lowest BCUT2D eigenvalue weighted by Crippen LogP contribution is -2.33. The summed E-state index contributed by atoms with van der Waals surface area (Å²) in [5, 5.41) is 6.24. The highest BCUT2D eigenvalue weighted by atomic mass is 32.1. The van der Waals surface area contributed by atoms with E-state index in [9.17, 15) is 14.4 Å². The minimum absolute atomic E-state index is 0.283. The first kappa shape index (κ1) is 22.5. The maximum absolute atomic E-state index is 13.0. The molecule has 2 N–H and O–H groups in total. The van der Waals surface area contributed by atoms with E-state index in [-0.39, 0.29) is 18.4 Å². The number of thiophene rings is 1. The predicted octanol–water partition coefficient (Wildman–Crippen LogP) is 4.13. The molecule has 0 aromatic carbocycles. The fraction of sp³-hybridized carbons (Fsp3) is 0.500. The lowest BCUT2D eigenvalue weighted by atomic mass is 9.89. The number of fused-ring (bicyclic) bond motifs is 1. The maximum Gasteiger partial charge on any atom is 0.341 e. The third-order valence-corrected chi connectivity index (χ3v) is 7.38. The van der Waals surface area contributed by atoms with Gasteiger partial charge in [0.25, 0.3) is 11.8 Å². The quantitative estimate of drug-likeness (QED) is 0.612. The van der Waals surface area contributed by atoms with E-state index in [0.717, 1.165) is 49.0 Å². The Labute approximate surface area is 192 Å². The van der Waals surface area contributed by atoms with Crippen molar-refractivity contribution in [2.24, 2.45) is 5.92 Å². The Bertz CT molecular complexity index is 967. The molecule has 0 unspecified atom stereocenters. The topological polar surface area (TPSA) is 97.4 Å². The molecule has 4 rings (SSSR count). The number of pyridine rings is 1. The Morgan fingerprint density at radius 3 is 2.69 bits per heavy atom. The summed E-state index contributed by atoms with van der Waals surface area (Å²) in [5.74, 6) is -0.648. The summed E-state index contributed by atoms with van der Waals surface area (Å²) in [7, 11) is 0. The van der Waals surface area contributed by atoms with Crippen molar-refractivity contribution >= 4 is 34.1 Å². The zero-order valence-corrected chi connectivity index (χ0v) is 19.0. The molecule has 170 valence electrons. The number of aromatic nitrogens is 1. The predicted molar refractivity (Wildman–Crippen MR) is 123 cm³/mol. The van der Waals surface area contributed by atoms with Gasteiger partial charge >= 0.3 is 5.97 Å². The zero-order chi connectivity index (χ0) is 22.3. The Morgan fingerprint density at radius 1 is 1.09 bits per heavy atom. The fourth-order valence-electron chi connectivity index (χ4n) is 4.45. The molecular weight excluding hydrogens is 426 g/mol. The van der Waals surface area contributed by atoms with Crippen LogP contribution in [0.3, 0.4) is 0 Å². The number of aryl methyl sites for hydroxylation is 1. The van der Waals surface area contributed by atoms with Crippen LogP contribution < -0.4 is 10.6 Å². The first-order valence-corrected chi connectivity index (χ1v) is 12.2. The molecule has 2 aliphatic rings. The van der Waals surface area contributed by atoms with Crippen molar-refractivity contribution < 1.29 is 19.1 Å². The van der Waals surface area contributed by atoms with Gasteiger partial charge in [-0.25, -0.2) is 4.79 Å². The molecule has 0 saturated heterocycles. The van der Waals surface area contributed by atoms with Gasteiger partial charge in [-0.2, -0.15) is 0 Å². The second kappa shape index (κ2) is 10.7. The Hall–Kier alpha value is -2.74. The van der Waals surface area contributed by atoms with Gasteiger partial charge in [-0.1, -0.05) is 19.3 Å². The van der Waals surface area contributed by atoms with Crippen molar-refractivity contribution in [3.05, 3.63) is 46.1 Å². The molecule has 8 heteroatoms. The first-order chi connectivity index (χ1) is 15.6. The second-order valence-corrected chi connectivity index (χ2v) is 9.60. The van der Waals surface area contributed by atoms with Crippen LogP contribution in [0.15, 0.2) is 24.5 Å². The standard InChI is InChI=1S/C24H29N3O4S/c28-20(26-13-16-7-2-1-3-8-16)15-31-24(30)21-18-10-4-5-11-19(18)32-23(21)27-22(29)17-9-6-12-25-14-17/h6,9,12,14,16H,1-5,7-8,10-11,13,15H2,(H,26,28)(H,27,29). The van der Waals surface area contributed by atoms with Crippen LogP contribution in [0.2, 0.25) is 0 Å². The highest BCUT2D eigenvalue weighted by molar-refractivity contribution is 7.17. The van der Waals surface area contributed by atoms with E-state index in [1.165, 1.54) is 36.8 Å². The van der Waals surface area contributed by atoms with Gasteiger partial charge in [0.05, 0.1) is 11.1 Å². The minimum atomic E-state index is -0.557. The highest BCUT2D eigenvalue weighted by Gasteiger charge is 2.28. The van der Waals surface area contributed by atoms with E-state index in [1.54, 1.807) is 18.3 Å². The van der Waals surface area contributed by atoms with Crippen molar-refractivity contribution in [1.29, 1.82) is 0 Å². The summed E-state index contributed by atoms with van der Waals surface area (Å²) in [6.45, 7) is 0.322. The minimum Gasteiger partial charge on any atom is -0.452 e. The smallest absolute Gasteiger partial charge is 0.341 e. The number of carbonyl (C=O) groups is 3. The molecule has 0 atom stereocenters. The largest absolute Gasteiger partial charge is 0.452 e. The summed E-state index contributed by atoms with van der Waals surface area (Å²) in [6.07, 6.45) is 12.8. The molecule has 2 amide bonds. The van der Waals surface area contributed by atoms with E-state index in [0.29, 0.717) is 28.6 Å². The highest BCUT2D eigenvalue weighted by Crippen LogP contribution is 2.38. The van der Waals surface area contributed by atoms with Gasteiger partial charge in [0, 0.05) is 23.8 Å². The van der Waals surface area contributed by atoms with Crippen LogP contribution in [-0.4, -0.2) is 35.9 Å². The van der Waals surface area contributed by atoms with Crippen LogP contribution in [0.25, 0.3) is 0 Å². The van der Waals surface area contributed by atoms with Crippen molar-refractivity contribution in [2.75, 3.05) is 18.5 Å². The SMILES string of the molecule is O=C(COC(=O)c1c(NC(=O)c2cccnc2)sc2c1CCCC2)NCC1CCCCC1. The summed E-state index contributed by atoms with van der Waals surface area (Å²) < 4.78 is 5.37. The molecule has 2 aromatic heterocycles. The third-order valence-electron chi connectivity index (χ3n) is 6.17. The van der Waals surface area contributed by atoms with Crippen molar-refractivity contribution in [3.63, 3.8) is 0 Å². The molecule has 7 nitrogen and oxygen atoms in total. The summed E-state index contributed by atoms with van der Waals surface area (Å²) in [4.78, 5) is 42.9. The fourth-order valence-corrected chi connectivity index (χ4v) is 5.72. The van der Waals surface area contributed by atoms with Crippen LogP contribution in [0.5, 0.6) is 0 Å². The van der Waals surface area contributed by atoms with E-state index in [1.807, 2.05) is 0 Å². The maximum atomic E-state index is 13.0. The van der Waals surface area contributed by atoms with Gasteiger partial charge in [0.1, 0.15) is 5.00 Å². The Morgan fingerprint density at radius 2 is 1.91 bits per heavy atom. The molecule has 0 bridgehead atoms. The molecular formula is C24H29N3O4S. The zero-order valence-electron chi connectivity index (χ0n) is 18.2. The van der Waals surface area contributed by atoms with Crippen LogP contribution in [0, 0.1) is 5.92 Å². The van der Waals surface area contributed by atoms with E-state index < -0.39 is 5.97 Å². The normalized spacial score (nSPS) is 16.1. The van der Waals surface area contributed by atoms with Crippen molar-refractivity contribution in [3.8, 4) is 0 Å². The Kier molecular flexibility index (Phi) is 7.52. The molecule has 1 saturated carbocycles. The number of hydrogen-bond acceptors (Lipinski definition) is 6. The molecule has 2 aromatic rings. The molecule has 2 aliphatic carbocycles. The molecule has 2 heterocycles. The molecule has 0 spiro atoms. The van der Waals surface area contributed by atoms with Gasteiger partial charge in [-0.05, 0) is 62.1 Å². The molecule has 0 radical (unpaired) electrons.